The van der Waals surface area contributed by atoms with E-state index in [0.29, 0.717) is 23.0 Å². The maximum atomic E-state index is 12.1. The van der Waals surface area contributed by atoms with Crippen molar-refractivity contribution < 1.29 is 27.4 Å². The molecule has 8 heteroatoms. The van der Waals surface area contributed by atoms with Gasteiger partial charge in [0, 0.05) is 6.54 Å². The highest BCUT2D eigenvalue weighted by Gasteiger charge is 2.15. The van der Waals surface area contributed by atoms with E-state index in [9.17, 15) is 8.42 Å². The van der Waals surface area contributed by atoms with Gasteiger partial charge in [-0.15, -0.1) is 0 Å². The number of nitrogens with one attached hydrogen (secondary N) is 1. The zero-order valence-electron chi connectivity index (χ0n) is 13.7. The first-order valence-corrected chi connectivity index (χ1v) is 9.34. The van der Waals surface area contributed by atoms with Crippen LogP contribution in [0.2, 0.25) is 0 Å². The number of sulfonamides is 1. The van der Waals surface area contributed by atoms with Crippen molar-refractivity contribution in [3.8, 4) is 23.0 Å². The van der Waals surface area contributed by atoms with E-state index < -0.39 is 10.0 Å². The van der Waals surface area contributed by atoms with E-state index in [4.69, 9.17) is 18.9 Å². The molecular weight excluding hydrogens is 346 g/mol. The van der Waals surface area contributed by atoms with Gasteiger partial charge in [0.05, 0.1) is 12.9 Å². The smallest absolute Gasteiger partial charge is 0.231 e. The summed E-state index contributed by atoms with van der Waals surface area (Å²) < 4.78 is 47.7. The maximum Gasteiger partial charge on any atom is 0.231 e. The van der Waals surface area contributed by atoms with Crippen LogP contribution < -0.4 is 23.7 Å². The minimum absolute atomic E-state index is 0.0583. The number of hydrogen-bond donors (Lipinski definition) is 1. The second-order valence-corrected chi connectivity index (χ2v) is 7.28. The van der Waals surface area contributed by atoms with Crippen molar-refractivity contribution in [3.05, 3.63) is 48.0 Å². The molecule has 134 valence electrons. The second kappa shape index (κ2) is 7.62. The first kappa shape index (κ1) is 17.4. The summed E-state index contributed by atoms with van der Waals surface area (Å²) >= 11 is 0. The van der Waals surface area contributed by atoms with Crippen LogP contribution in [0.25, 0.3) is 0 Å². The van der Waals surface area contributed by atoms with Gasteiger partial charge in [-0.25, -0.2) is 13.1 Å². The molecule has 0 fully saturated rings. The number of hydrogen-bond acceptors (Lipinski definition) is 6. The molecule has 1 aliphatic heterocycles. The summed E-state index contributed by atoms with van der Waals surface area (Å²) in [5.41, 5.74) is 0.795. The zero-order valence-corrected chi connectivity index (χ0v) is 14.5. The van der Waals surface area contributed by atoms with E-state index in [2.05, 4.69) is 4.72 Å². The lowest BCUT2D eigenvalue weighted by atomic mass is 10.2. The Bertz CT molecular complexity index is 820. The fourth-order valence-electron chi connectivity index (χ4n) is 2.26. The Morgan fingerprint density at radius 2 is 1.76 bits per heavy atom. The van der Waals surface area contributed by atoms with Crippen LogP contribution >= 0.6 is 0 Å². The summed E-state index contributed by atoms with van der Waals surface area (Å²) in [6, 6.07) is 12.3. The topological polar surface area (TPSA) is 83.1 Å². The van der Waals surface area contributed by atoms with Crippen LogP contribution in [0, 0.1) is 0 Å². The molecule has 25 heavy (non-hydrogen) atoms. The molecule has 1 N–H and O–H groups in total. The molecule has 0 amide bonds. The van der Waals surface area contributed by atoms with Gasteiger partial charge in [-0.1, -0.05) is 6.07 Å². The summed E-state index contributed by atoms with van der Waals surface area (Å²) in [6.45, 7) is 0.428. The Hall–Kier alpha value is -2.45. The number of ether oxygens (including phenoxy) is 4. The average molecular weight is 365 g/mol. The van der Waals surface area contributed by atoms with E-state index in [1.54, 1.807) is 49.6 Å². The van der Waals surface area contributed by atoms with E-state index >= 15 is 0 Å². The fourth-order valence-corrected chi connectivity index (χ4v) is 3.09. The Morgan fingerprint density at radius 3 is 2.52 bits per heavy atom. The minimum Gasteiger partial charge on any atom is -0.497 e. The minimum atomic E-state index is -3.45. The van der Waals surface area contributed by atoms with Gasteiger partial charge < -0.3 is 18.9 Å². The molecule has 0 bridgehead atoms. The molecule has 0 aliphatic carbocycles. The molecule has 1 heterocycles. The molecule has 0 aromatic heterocycles. The molecule has 0 saturated carbocycles. The number of fused-ring (bicyclic) bond motifs is 1. The van der Waals surface area contributed by atoms with E-state index in [1.807, 2.05) is 0 Å². The van der Waals surface area contributed by atoms with E-state index in [-0.39, 0.29) is 25.7 Å². The molecule has 3 rings (SSSR count). The summed E-state index contributed by atoms with van der Waals surface area (Å²) in [7, 11) is -1.87. The van der Waals surface area contributed by atoms with Gasteiger partial charge in [0.15, 0.2) is 11.5 Å². The van der Waals surface area contributed by atoms with Gasteiger partial charge in [-0.05, 0) is 42.0 Å². The van der Waals surface area contributed by atoms with Crippen molar-refractivity contribution in [3.63, 3.8) is 0 Å². The van der Waals surface area contributed by atoms with E-state index in [1.165, 1.54) is 0 Å². The molecule has 2 aromatic carbocycles. The predicted molar refractivity (Wildman–Crippen MR) is 91.7 cm³/mol. The molecule has 0 spiro atoms. The molecule has 0 radical (unpaired) electrons. The Morgan fingerprint density at radius 1 is 1.04 bits per heavy atom. The van der Waals surface area contributed by atoms with Crippen LogP contribution in [0.1, 0.15) is 5.56 Å². The summed E-state index contributed by atoms with van der Waals surface area (Å²) in [6.07, 6.45) is 0. The first-order chi connectivity index (χ1) is 12.1. The molecule has 7 nitrogen and oxygen atoms in total. The largest absolute Gasteiger partial charge is 0.497 e. The normalized spacial score (nSPS) is 12.8. The molecule has 0 atom stereocenters. The maximum absolute atomic E-state index is 12.1. The summed E-state index contributed by atoms with van der Waals surface area (Å²) in [5, 5.41) is 0. The quantitative estimate of drug-likeness (QED) is 0.770. The fraction of sp³-hybridized carbons (Fsp3) is 0.294. The lowest BCUT2D eigenvalue weighted by molar-refractivity contribution is 0.174. The molecule has 2 aromatic rings. The van der Waals surface area contributed by atoms with Crippen molar-refractivity contribution in [1.29, 1.82) is 0 Å². The highest BCUT2D eigenvalue weighted by Crippen LogP contribution is 2.32. The third-order valence-corrected chi connectivity index (χ3v) is 4.90. The van der Waals surface area contributed by atoms with Gasteiger partial charge >= 0.3 is 0 Å². The third-order valence-electron chi connectivity index (χ3n) is 3.61. The monoisotopic (exact) mass is 365 g/mol. The predicted octanol–water partition coefficient (Wildman–Crippen LogP) is 1.92. The van der Waals surface area contributed by atoms with Gasteiger partial charge in [0.1, 0.15) is 18.1 Å². The Labute approximate surface area is 146 Å². The standard InChI is InChI=1S/C17H19NO6S/c1-21-14-3-5-15(6-4-14)22-8-9-25(19,20)18-11-13-2-7-16-17(10-13)24-12-23-16/h2-7,10,18H,8-9,11-12H2,1H3. The lowest BCUT2D eigenvalue weighted by Gasteiger charge is -2.09. The van der Waals surface area contributed by atoms with Crippen molar-refractivity contribution in [2.75, 3.05) is 26.3 Å². The van der Waals surface area contributed by atoms with Crippen LogP contribution in [0.3, 0.4) is 0 Å². The number of benzene rings is 2. The van der Waals surface area contributed by atoms with E-state index in [0.717, 1.165) is 5.56 Å². The average Bonchev–Trinajstić information content (AvgIpc) is 3.08. The number of rotatable bonds is 8. The lowest BCUT2D eigenvalue weighted by Crippen LogP contribution is -2.28. The van der Waals surface area contributed by atoms with Crippen LogP contribution in [-0.4, -0.2) is 34.7 Å². The number of methoxy groups -OCH3 is 1. The van der Waals surface area contributed by atoms with Crippen LogP contribution in [0.4, 0.5) is 0 Å². The molecule has 0 saturated heterocycles. The SMILES string of the molecule is COc1ccc(OCCS(=O)(=O)NCc2ccc3c(c2)OCO3)cc1. The molecular formula is C17H19NO6S. The van der Waals surface area contributed by atoms with Crippen LogP contribution in [-0.2, 0) is 16.6 Å². The Kier molecular flexibility index (Phi) is 5.30. The van der Waals surface area contributed by atoms with Crippen molar-refractivity contribution in [2.45, 2.75) is 6.54 Å². The van der Waals surface area contributed by atoms with Crippen molar-refractivity contribution in [1.82, 2.24) is 4.72 Å². The summed E-state index contributed by atoms with van der Waals surface area (Å²) in [5.74, 6) is 2.46. The van der Waals surface area contributed by atoms with Gasteiger partial charge in [0.2, 0.25) is 16.8 Å². The highest BCUT2D eigenvalue weighted by molar-refractivity contribution is 7.89. The van der Waals surface area contributed by atoms with Crippen molar-refractivity contribution >= 4 is 10.0 Å². The van der Waals surface area contributed by atoms with Crippen LogP contribution in [0.15, 0.2) is 42.5 Å². The van der Waals surface area contributed by atoms with Gasteiger partial charge in [-0.3, -0.25) is 0 Å². The molecule has 1 aliphatic rings. The highest BCUT2D eigenvalue weighted by atomic mass is 32.2. The summed E-state index contributed by atoms with van der Waals surface area (Å²) in [4.78, 5) is 0. The third kappa shape index (κ3) is 4.77. The molecule has 0 unspecified atom stereocenters. The van der Waals surface area contributed by atoms with Gasteiger partial charge in [-0.2, -0.15) is 0 Å². The van der Waals surface area contributed by atoms with Crippen LogP contribution in [0.5, 0.6) is 23.0 Å². The first-order valence-electron chi connectivity index (χ1n) is 7.68. The van der Waals surface area contributed by atoms with Gasteiger partial charge in [0.25, 0.3) is 0 Å². The van der Waals surface area contributed by atoms with Crippen molar-refractivity contribution in [2.24, 2.45) is 0 Å². The Balaban J connectivity index is 1.46. The zero-order chi connectivity index (χ0) is 17.7. The second-order valence-electron chi connectivity index (χ2n) is 5.35.